The summed E-state index contributed by atoms with van der Waals surface area (Å²) in [4.78, 5) is 24.0. The van der Waals surface area contributed by atoms with Crippen molar-refractivity contribution >= 4 is 11.8 Å². The number of carbonyl (C=O) groups is 2. The van der Waals surface area contributed by atoms with Crippen molar-refractivity contribution in [1.29, 1.82) is 0 Å². The van der Waals surface area contributed by atoms with Gasteiger partial charge in [0.1, 0.15) is 12.3 Å². The molecular weight excluding hydrogens is 320 g/mol. The molecular formula is C18H18N4O3. The fourth-order valence-corrected chi connectivity index (χ4v) is 2.30. The largest absolute Gasteiger partial charge is 0.472 e. The molecule has 25 heavy (non-hydrogen) atoms. The van der Waals surface area contributed by atoms with E-state index in [-0.39, 0.29) is 11.8 Å². The maximum atomic E-state index is 12.1. The third-order valence-corrected chi connectivity index (χ3v) is 3.76. The number of nitrogens with one attached hydrogen (secondary N) is 3. The van der Waals surface area contributed by atoms with Crippen LogP contribution in [0.4, 0.5) is 0 Å². The Bertz CT molecular complexity index is 824. The minimum Gasteiger partial charge on any atom is -0.472 e. The van der Waals surface area contributed by atoms with E-state index in [1.807, 2.05) is 30.3 Å². The molecule has 128 valence electrons. The second kappa shape index (κ2) is 7.48. The first-order valence-electron chi connectivity index (χ1n) is 7.83. The molecule has 3 aromatic rings. The van der Waals surface area contributed by atoms with Crippen molar-refractivity contribution in [2.24, 2.45) is 0 Å². The molecule has 0 unspecified atom stereocenters. The SMILES string of the molecule is C[C@@H](NC(=O)c1ccoc1)C(=O)NCc1ccc(-c2ccn[nH]2)cc1. The van der Waals surface area contributed by atoms with Gasteiger partial charge in [-0.3, -0.25) is 14.7 Å². The minimum atomic E-state index is -0.647. The molecule has 2 amide bonds. The Morgan fingerprint density at radius 2 is 2.00 bits per heavy atom. The van der Waals surface area contributed by atoms with Crippen molar-refractivity contribution < 1.29 is 14.0 Å². The molecule has 2 aromatic heterocycles. The molecule has 1 atom stereocenters. The van der Waals surface area contributed by atoms with Gasteiger partial charge in [0.05, 0.1) is 17.5 Å². The van der Waals surface area contributed by atoms with Crippen molar-refractivity contribution in [3.63, 3.8) is 0 Å². The van der Waals surface area contributed by atoms with E-state index in [1.165, 1.54) is 12.5 Å². The summed E-state index contributed by atoms with van der Waals surface area (Å²) in [5.41, 5.74) is 3.30. The lowest BCUT2D eigenvalue weighted by Crippen LogP contribution is -2.44. The average Bonchev–Trinajstić information content (AvgIpc) is 3.33. The average molecular weight is 338 g/mol. The Hall–Kier alpha value is -3.35. The number of amides is 2. The molecule has 7 nitrogen and oxygen atoms in total. The lowest BCUT2D eigenvalue weighted by molar-refractivity contribution is -0.122. The Kier molecular flexibility index (Phi) is 4.94. The van der Waals surface area contributed by atoms with Crippen LogP contribution in [0.5, 0.6) is 0 Å². The standard InChI is InChI=1S/C18H18N4O3/c1-12(21-18(24)15-7-9-25-11-15)17(23)19-10-13-2-4-14(5-3-13)16-6-8-20-22-16/h2-9,11-12H,10H2,1H3,(H,19,23)(H,20,22)(H,21,24)/t12-/m1/s1. The summed E-state index contributed by atoms with van der Waals surface area (Å²) in [6.45, 7) is 2.02. The summed E-state index contributed by atoms with van der Waals surface area (Å²) in [5, 5.41) is 12.3. The lowest BCUT2D eigenvalue weighted by atomic mass is 10.1. The lowest BCUT2D eigenvalue weighted by Gasteiger charge is -2.13. The Balaban J connectivity index is 1.50. The van der Waals surface area contributed by atoms with Gasteiger partial charge in [0.25, 0.3) is 5.91 Å². The van der Waals surface area contributed by atoms with Gasteiger partial charge in [-0.25, -0.2) is 0 Å². The monoisotopic (exact) mass is 338 g/mol. The molecule has 7 heteroatoms. The topological polar surface area (TPSA) is 100 Å². The number of nitrogens with zero attached hydrogens (tertiary/aromatic N) is 1. The molecule has 3 N–H and O–H groups in total. The second-order valence-corrected chi connectivity index (χ2v) is 5.59. The fraction of sp³-hybridized carbons (Fsp3) is 0.167. The Morgan fingerprint density at radius 1 is 1.20 bits per heavy atom. The zero-order valence-corrected chi connectivity index (χ0v) is 13.7. The first-order chi connectivity index (χ1) is 12.1. The van der Waals surface area contributed by atoms with Gasteiger partial charge in [0, 0.05) is 12.7 Å². The highest BCUT2D eigenvalue weighted by molar-refractivity contribution is 5.97. The third kappa shape index (κ3) is 4.14. The van der Waals surface area contributed by atoms with Gasteiger partial charge in [-0.05, 0) is 30.2 Å². The summed E-state index contributed by atoms with van der Waals surface area (Å²) >= 11 is 0. The number of benzene rings is 1. The summed E-state index contributed by atoms with van der Waals surface area (Å²) in [5.74, 6) is -0.602. The molecule has 3 rings (SSSR count). The number of carbonyl (C=O) groups excluding carboxylic acids is 2. The number of furan rings is 1. The van der Waals surface area contributed by atoms with E-state index in [1.54, 1.807) is 19.2 Å². The smallest absolute Gasteiger partial charge is 0.255 e. The van der Waals surface area contributed by atoms with Crippen LogP contribution in [0.25, 0.3) is 11.3 Å². The van der Waals surface area contributed by atoms with Crippen LogP contribution in [0.1, 0.15) is 22.8 Å². The molecule has 1 aromatic carbocycles. The summed E-state index contributed by atoms with van der Waals surface area (Å²) in [6.07, 6.45) is 4.44. The van der Waals surface area contributed by atoms with Crippen molar-refractivity contribution in [3.05, 3.63) is 66.2 Å². The van der Waals surface area contributed by atoms with Crippen LogP contribution in [0.3, 0.4) is 0 Å². The zero-order chi connectivity index (χ0) is 17.6. The molecule has 0 saturated carbocycles. The molecule has 0 bridgehead atoms. The number of rotatable bonds is 6. The van der Waals surface area contributed by atoms with Crippen molar-refractivity contribution in [2.45, 2.75) is 19.5 Å². The van der Waals surface area contributed by atoms with Gasteiger partial charge < -0.3 is 15.1 Å². The van der Waals surface area contributed by atoms with Gasteiger partial charge in [-0.15, -0.1) is 0 Å². The van der Waals surface area contributed by atoms with Crippen molar-refractivity contribution in [3.8, 4) is 11.3 Å². The quantitative estimate of drug-likeness (QED) is 0.641. The van der Waals surface area contributed by atoms with Crippen molar-refractivity contribution in [2.75, 3.05) is 0 Å². The highest BCUT2D eigenvalue weighted by Gasteiger charge is 2.16. The van der Waals surface area contributed by atoms with Gasteiger partial charge in [0.15, 0.2) is 0 Å². The number of aromatic amines is 1. The molecule has 0 saturated heterocycles. The van der Waals surface area contributed by atoms with Gasteiger partial charge in [-0.2, -0.15) is 5.10 Å². The maximum Gasteiger partial charge on any atom is 0.255 e. The van der Waals surface area contributed by atoms with E-state index in [0.717, 1.165) is 16.8 Å². The van der Waals surface area contributed by atoms with Crippen LogP contribution < -0.4 is 10.6 Å². The molecule has 0 radical (unpaired) electrons. The number of H-pyrrole nitrogens is 1. The van der Waals surface area contributed by atoms with Crippen molar-refractivity contribution in [1.82, 2.24) is 20.8 Å². The molecule has 0 spiro atoms. The van der Waals surface area contributed by atoms with E-state index in [0.29, 0.717) is 12.1 Å². The maximum absolute atomic E-state index is 12.1. The van der Waals surface area contributed by atoms with Gasteiger partial charge >= 0.3 is 0 Å². The number of hydrogen-bond acceptors (Lipinski definition) is 4. The van der Waals surface area contributed by atoms with Crippen LogP contribution in [-0.4, -0.2) is 28.1 Å². The third-order valence-electron chi connectivity index (χ3n) is 3.76. The van der Waals surface area contributed by atoms with E-state index >= 15 is 0 Å². The molecule has 0 fully saturated rings. The first-order valence-corrected chi connectivity index (χ1v) is 7.83. The minimum absolute atomic E-state index is 0.255. The fourth-order valence-electron chi connectivity index (χ4n) is 2.30. The molecule has 0 aliphatic rings. The van der Waals surface area contributed by atoms with Crippen LogP contribution in [0, 0.1) is 0 Å². The van der Waals surface area contributed by atoms with Gasteiger partial charge in [0.2, 0.25) is 5.91 Å². The van der Waals surface area contributed by atoms with Crippen LogP contribution in [0.15, 0.2) is 59.5 Å². The van der Waals surface area contributed by atoms with Crippen LogP contribution >= 0.6 is 0 Å². The zero-order valence-electron chi connectivity index (χ0n) is 13.7. The molecule has 0 aliphatic carbocycles. The highest BCUT2D eigenvalue weighted by Crippen LogP contribution is 2.16. The predicted molar refractivity (Wildman–Crippen MR) is 91.5 cm³/mol. The summed E-state index contributed by atoms with van der Waals surface area (Å²) < 4.78 is 4.85. The number of aromatic nitrogens is 2. The van der Waals surface area contributed by atoms with E-state index in [9.17, 15) is 9.59 Å². The normalized spacial score (nSPS) is 11.7. The van der Waals surface area contributed by atoms with Gasteiger partial charge in [-0.1, -0.05) is 24.3 Å². The first kappa shape index (κ1) is 16.5. The summed E-state index contributed by atoms with van der Waals surface area (Å²) in [6, 6.07) is 10.6. The molecule has 0 aliphatic heterocycles. The van der Waals surface area contributed by atoms with E-state index < -0.39 is 6.04 Å². The Labute approximate surface area is 144 Å². The van der Waals surface area contributed by atoms with Crippen LogP contribution in [0.2, 0.25) is 0 Å². The number of hydrogen-bond donors (Lipinski definition) is 3. The Morgan fingerprint density at radius 3 is 2.64 bits per heavy atom. The molecule has 2 heterocycles. The van der Waals surface area contributed by atoms with Crippen LogP contribution in [-0.2, 0) is 11.3 Å². The van der Waals surface area contributed by atoms with E-state index in [4.69, 9.17) is 4.42 Å². The second-order valence-electron chi connectivity index (χ2n) is 5.59. The van der Waals surface area contributed by atoms with E-state index in [2.05, 4.69) is 20.8 Å². The highest BCUT2D eigenvalue weighted by atomic mass is 16.3. The summed E-state index contributed by atoms with van der Waals surface area (Å²) in [7, 11) is 0. The predicted octanol–water partition coefficient (Wildman–Crippen LogP) is 2.10.